The molecule has 2 aromatic carbocycles. The third kappa shape index (κ3) is 4.80. The van der Waals surface area contributed by atoms with E-state index in [4.69, 9.17) is 16.3 Å². The van der Waals surface area contributed by atoms with Gasteiger partial charge in [0.15, 0.2) is 11.6 Å². The lowest BCUT2D eigenvalue weighted by Gasteiger charge is -2.16. The van der Waals surface area contributed by atoms with Crippen molar-refractivity contribution in [2.45, 2.75) is 13.2 Å². The van der Waals surface area contributed by atoms with Crippen LogP contribution in [0.3, 0.4) is 0 Å². The molecule has 0 aliphatic carbocycles. The molecular formula is C26H21ClF2N4O3. The molecule has 0 amide bonds. The van der Waals surface area contributed by atoms with Gasteiger partial charge in [-0.1, -0.05) is 17.7 Å². The van der Waals surface area contributed by atoms with E-state index in [9.17, 15) is 18.7 Å². The second-order valence-corrected chi connectivity index (χ2v) is 8.95. The second kappa shape index (κ2) is 9.67. The zero-order chi connectivity index (χ0) is 25.4. The van der Waals surface area contributed by atoms with Gasteiger partial charge in [-0.05, 0) is 48.0 Å². The first kappa shape index (κ1) is 23.9. The highest BCUT2D eigenvalue weighted by Gasteiger charge is 2.21. The van der Waals surface area contributed by atoms with Crippen LogP contribution in [0.15, 0.2) is 54.7 Å². The van der Waals surface area contributed by atoms with Crippen molar-refractivity contribution >= 4 is 34.2 Å². The lowest BCUT2D eigenvalue weighted by molar-refractivity contribution is 0.0697. The molecule has 0 unspecified atom stereocenters. The fraction of sp³-hybridized carbons (Fsp3) is 0.192. The van der Waals surface area contributed by atoms with E-state index in [0.29, 0.717) is 36.4 Å². The highest BCUT2D eigenvalue weighted by Crippen LogP contribution is 2.27. The first-order valence-corrected chi connectivity index (χ1v) is 11.5. The Morgan fingerprint density at radius 2 is 2.00 bits per heavy atom. The molecule has 4 aromatic rings. The lowest BCUT2D eigenvalue weighted by Crippen LogP contribution is -2.22. The van der Waals surface area contributed by atoms with Crippen molar-refractivity contribution in [3.05, 3.63) is 94.0 Å². The van der Waals surface area contributed by atoms with Crippen molar-refractivity contribution in [1.82, 2.24) is 19.4 Å². The molecule has 1 aliphatic heterocycles. The average Bonchev–Trinajstić information content (AvgIpc) is 3.43. The summed E-state index contributed by atoms with van der Waals surface area (Å²) >= 11 is 5.77. The molecule has 36 heavy (non-hydrogen) atoms. The van der Waals surface area contributed by atoms with Gasteiger partial charge in [0, 0.05) is 30.7 Å². The number of carbonyl (C=O) groups is 1. The highest BCUT2D eigenvalue weighted by molar-refractivity contribution is 6.30. The minimum absolute atomic E-state index is 0.0268. The van der Waals surface area contributed by atoms with E-state index in [2.05, 4.69) is 14.9 Å². The van der Waals surface area contributed by atoms with Crippen LogP contribution in [0.25, 0.3) is 16.6 Å². The Balaban J connectivity index is 1.28. The molecule has 184 valence electrons. The standard InChI is InChI=1S/C26H21ClF2N4O3/c1-32-23-8-15(26(34)35)2-4-22(23)31-25(32)13-33-7-6-16(12-33)19-10-18(30-11-21(19)29)14-36-24-5-3-17(27)9-20(24)28/h2-6,8-11H,7,12-14H2,1H3,(H,34,35). The van der Waals surface area contributed by atoms with Crippen LogP contribution in [-0.2, 0) is 20.2 Å². The summed E-state index contributed by atoms with van der Waals surface area (Å²) in [6.07, 6.45) is 3.09. The van der Waals surface area contributed by atoms with Crippen LogP contribution in [0.5, 0.6) is 5.75 Å². The zero-order valence-corrected chi connectivity index (χ0v) is 20.0. The van der Waals surface area contributed by atoms with Crippen molar-refractivity contribution in [3.63, 3.8) is 0 Å². The van der Waals surface area contributed by atoms with Gasteiger partial charge >= 0.3 is 5.97 Å². The predicted molar refractivity (Wildman–Crippen MR) is 131 cm³/mol. The van der Waals surface area contributed by atoms with Gasteiger partial charge in [-0.15, -0.1) is 0 Å². The van der Waals surface area contributed by atoms with Gasteiger partial charge in [0.05, 0.1) is 35.0 Å². The van der Waals surface area contributed by atoms with Gasteiger partial charge in [-0.3, -0.25) is 9.88 Å². The highest BCUT2D eigenvalue weighted by atomic mass is 35.5. The Kier molecular flexibility index (Phi) is 6.42. The summed E-state index contributed by atoms with van der Waals surface area (Å²) in [7, 11) is 1.85. The number of pyridine rings is 1. The molecule has 0 saturated heterocycles. The first-order chi connectivity index (χ1) is 17.3. The van der Waals surface area contributed by atoms with Crippen LogP contribution in [0, 0.1) is 11.6 Å². The molecule has 3 heterocycles. The van der Waals surface area contributed by atoms with Crippen LogP contribution in [-0.4, -0.2) is 43.6 Å². The topological polar surface area (TPSA) is 80.5 Å². The number of carboxylic acids is 1. The quantitative estimate of drug-likeness (QED) is 0.373. The van der Waals surface area contributed by atoms with E-state index < -0.39 is 17.6 Å². The monoisotopic (exact) mass is 510 g/mol. The first-order valence-electron chi connectivity index (χ1n) is 11.1. The van der Waals surface area contributed by atoms with Gasteiger partial charge in [0.1, 0.15) is 18.2 Å². The summed E-state index contributed by atoms with van der Waals surface area (Å²) in [5.41, 5.74) is 3.34. The number of rotatable bonds is 7. The van der Waals surface area contributed by atoms with Crippen molar-refractivity contribution in [3.8, 4) is 5.75 Å². The molecule has 0 radical (unpaired) electrons. The van der Waals surface area contributed by atoms with Gasteiger partial charge in [0.25, 0.3) is 0 Å². The van der Waals surface area contributed by atoms with Crippen LogP contribution in [0.4, 0.5) is 8.78 Å². The van der Waals surface area contributed by atoms with Crippen molar-refractivity contribution < 1.29 is 23.4 Å². The number of fused-ring (bicyclic) bond motifs is 1. The number of carboxylic acid groups (broad SMARTS) is 1. The molecule has 0 fully saturated rings. The molecule has 0 bridgehead atoms. The van der Waals surface area contributed by atoms with E-state index in [-0.39, 0.29) is 22.9 Å². The smallest absolute Gasteiger partial charge is 0.335 e. The van der Waals surface area contributed by atoms with Crippen LogP contribution in [0.2, 0.25) is 5.02 Å². The number of hydrogen-bond donors (Lipinski definition) is 1. The minimum atomic E-state index is -0.990. The number of nitrogens with zero attached hydrogens (tertiary/aromatic N) is 4. The molecule has 5 rings (SSSR count). The second-order valence-electron chi connectivity index (χ2n) is 8.51. The lowest BCUT2D eigenvalue weighted by atomic mass is 10.1. The predicted octanol–water partition coefficient (Wildman–Crippen LogP) is 5.08. The Morgan fingerprint density at radius 1 is 1.17 bits per heavy atom. The van der Waals surface area contributed by atoms with Crippen LogP contribution in [0.1, 0.15) is 27.4 Å². The maximum absolute atomic E-state index is 14.7. The van der Waals surface area contributed by atoms with E-state index in [1.165, 1.54) is 18.2 Å². The zero-order valence-electron chi connectivity index (χ0n) is 19.2. The Hall–Kier alpha value is -3.82. The number of halogens is 3. The number of ether oxygens (including phenoxy) is 1. The summed E-state index contributed by atoms with van der Waals surface area (Å²) in [5.74, 6) is -1.21. The Morgan fingerprint density at radius 3 is 2.78 bits per heavy atom. The number of imidazole rings is 1. The number of hydrogen-bond acceptors (Lipinski definition) is 5. The van der Waals surface area contributed by atoms with Gasteiger partial charge in [-0.2, -0.15) is 0 Å². The van der Waals surface area contributed by atoms with E-state index >= 15 is 0 Å². The normalized spacial score (nSPS) is 13.8. The van der Waals surface area contributed by atoms with Crippen LogP contribution >= 0.6 is 11.6 Å². The molecule has 1 aliphatic rings. The Bertz CT molecular complexity index is 1520. The average molecular weight is 511 g/mol. The SMILES string of the molecule is Cn1c(CN2CC=C(c3cc(COc4ccc(Cl)cc4F)ncc3F)C2)nc2ccc(C(=O)O)cc21. The molecule has 10 heteroatoms. The van der Waals surface area contributed by atoms with Gasteiger partial charge < -0.3 is 14.4 Å². The van der Waals surface area contributed by atoms with Gasteiger partial charge in [-0.25, -0.2) is 18.6 Å². The summed E-state index contributed by atoms with van der Waals surface area (Å²) in [6, 6.07) is 10.6. The van der Waals surface area contributed by atoms with Crippen molar-refractivity contribution in [2.24, 2.45) is 7.05 Å². The van der Waals surface area contributed by atoms with Crippen molar-refractivity contribution in [1.29, 1.82) is 0 Å². The summed E-state index contributed by atoms with van der Waals surface area (Å²) in [5, 5.41) is 9.52. The fourth-order valence-electron chi connectivity index (χ4n) is 4.19. The maximum Gasteiger partial charge on any atom is 0.335 e. The number of aromatic nitrogens is 3. The fourth-order valence-corrected chi connectivity index (χ4v) is 4.35. The summed E-state index contributed by atoms with van der Waals surface area (Å²) in [6.45, 7) is 1.58. The van der Waals surface area contributed by atoms with E-state index in [1.807, 2.05) is 17.7 Å². The maximum atomic E-state index is 14.7. The third-order valence-electron chi connectivity index (χ3n) is 6.10. The van der Waals surface area contributed by atoms with Gasteiger partial charge in [0.2, 0.25) is 0 Å². The van der Waals surface area contributed by atoms with Crippen LogP contribution < -0.4 is 4.74 Å². The van der Waals surface area contributed by atoms with Crippen molar-refractivity contribution in [2.75, 3.05) is 13.1 Å². The molecule has 1 N–H and O–H groups in total. The molecule has 2 aromatic heterocycles. The largest absolute Gasteiger partial charge is 0.484 e. The molecular weight excluding hydrogens is 490 g/mol. The Labute approximate surface area is 210 Å². The summed E-state index contributed by atoms with van der Waals surface area (Å²) in [4.78, 5) is 22.1. The summed E-state index contributed by atoms with van der Waals surface area (Å²) < 4.78 is 36.0. The number of aryl methyl sites for hydroxylation is 1. The van der Waals surface area contributed by atoms with E-state index in [0.717, 1.165) is 29.2 Å². The molecule has 0 spiro atoms. The number of aromatic carboxylic acids is 1. The molecule has 0 atom stereocenters. The minimum Gasteiger partial charge on any atom is -0.484 e. The third-order valence-corrected chi connectivity index (χ3v) is 6.34. The molecule has 0 saturated carbocycles. The van der Waals surface area contributed by atoms with E-state index in [1.54, 1.807) is 18.2 Å². The molecule has 7 nitrogen and oxygen atoms in total. The number of benzene rings is 2.